The third-order valence-corrected chi connectivity index (χ3v) is 3.87. The van der Waals surface area contributed by atoms with Crippen molar-refractivity contribution in [3.63, 3.8) is 0 Å². The summed E-state index contributed by atoms with van der Waals surface area (Å²) < 4.78 is 19.0. The summed E-state index contributed by atoms with van der Waals surface area (Å²) >= 11 is 0. The van der Waals surface area contributed by atoms with Crippen LogP contribution in [-0.4, -0.2) is 37.2 Å². The minimum absolute atomic E-state index is 0.291. The fourth-order valence-corrected chi connectivity index (χ4v) is 2.72. The number of likely N-dealkylation sites (tertiary alicyclic amines) is 1. The monoisotopic (exact) mass is 280 g/mol. The lowest BCUT2D eigenvalue weighted by Gasteiger charge is -2.19. The van der Waals surface area contributed by atoms with E-state index < -0.39 is 0 Å². The Morgan fingerprint density at radius 3 is 2.85 bits per heavy atom. The molecule has 1 aliphatic rings. The van der Waals surface area contributed by atoms with E-state index >= 15 is 0 Å². The van der Waals surface area contributed by atoms with Crippen LogP contribution in [0.25, 0.3) is 0 Å². The van der Waals surface area contributed by atoms with E-state index in [0.29, 0.717) is 18.4 Å². The summed E-state index contributed by atoms with van der Waals surface area (Å²) in [6, 6.07) is 5.57. The first-order valence-electron chi connectivity index (χ1n) is 7.64. The molecule has 0 radical (unpaired) electrons. The number of nitrogens with zero attached hydrogens (tertiary/aromatic N) is 1. The summed E-state index contributed by atoms with van der Waals surface area (Å²) in [7, 11) is 0. The number of hydrogen-bond donors (Lipinski definition) is 1. The minimum atomic E-state index is -0.291. The summed E-state index contributed by atoms with van der Waals surface area (Å²) in [6.07, 6.45) is 3.46. The molecule has 0 spiro atoms. The number of halogens is 1. The number of rotatable bonds is 5. The second-order valence-corrected chi connectivity index (χ2v) is 5.28. The van der Waals surface area contributed by atoms with E-state index in [1.54, 1.807) is 6.07 Å². The smallest absolute Gasteiger partial charge is 0.167 e. The van der Waals surface area contributed by atoms with E-state index in [9.17, 15) is 4.39 Å². The predicted molar refractivity (Wildman–Crippen MR) is 80.9 cm³/mol. The van der Waals surface area contributed by atoms with Gasteiger partial charge in [0.1, 0.15) is 0 Å². The molecule has 4 heteroatoms. The Bertz CT molecular complexity index is 425. The minimum Gasteiger partial charge on any atom is -0.491 e. The molecule has 0 aromatic heterocycles. The highest BCUT2D eigenvalue weighted by atomic mass is 19.1. The molecule has 0 aliphatic carbocycles. The van der Waals surface area contributed by atoms with E-state index in [1.807, 2.05) is 13.0 Å². The SMILES string of the molecule is CCOc1ccc(NC2CCCN(CC)CC2)cc1F. The van der Waals surface area contributed by atoms with Gasteiger partial charge >= 0.3 is 0 Å². The van der Waals surface area contributed by atoms with Crippen molar-refractivity contribution in [3.05, 3.63) is 24.0 Å². The van der Waals surface area contributed by atoms with Gasteiger partial charge in [-0.15, -0.1) is 0 Å². The molecular weight excluding hydrogens is 255 g/mol. The van der Waals surface area contributed by atoms with Gasteiger partial charge in [0.15, 0.2) is 11.6 Å². The molecule has 0 bridgehead atoms. The van der Waals surface area contributed by atoms with Crippen molar-refractivity contribution in [2.75, 3.05) is 31.6 Å². The van der Waals surface area contributed by atoms with Gasteiger partial charge in [0.2, 0.25) is 0 Å². The molecular formula is C16H25FN2O. The zero-order valence-corrected chi connectivity index (χ0v) is 12.5. The van der Waals surface area contributed by atoms with Crippen LogP contribution in [0.15, 0.2) is 18.2 Å². The highest BCUT2D eigenvalue weighted by Gasteiger charge is 2.16. The lowest BCUT2D eigenvalue weighted by molar-refractivity contribution is 0.300. The topological polar surface area (TPSA) is 24.5 Å². The zero-order chi connectivity index (χ0) is 14.4. The molecule has 0 saturated carbocycles. The molecule has 1 aromatic rings. The van der Waals surface area contributed by atoms with E-state index in [2.05, 4.69) is 17.1 Å². The van der Waals surface area contributed by atoms with Gasteiger partial charge in [0.25, 0.3) is 0 Å². The maximum Gasteiger partial charge on any atom is 0.167 e. The molecule has 1 heterocycles. The van der Waals surface area contributed by atoms with Crippen molar-refractivity contribution in [2.24, 2.45) is 0 Å². The van der Waals surface area contributed by atoms with Crippen LogP contribution < -0.4 is 10.1 Å². The van der Waals surface area contributed by atoms with Crippen LogP contribution in [-0.2, 0) is 0 Å². The standard InChI is InChI=1S/C16H25FN2O/c1-3-19-10-5-6-13(9-11-19)18-14-7-8-16(20-4-2)15(17)12-14/h7-8,12-13,18H,3-6,9-11H2,1-2H3. The second-order valence-electron chi connectivity index (χ2n) is 5.28. The van der Waals surface area contributed by atoms with Crippen molar-refractivity contribution < 1.29 is 9.13 Å². The first kappa shape index (κ1) is 15.1. The molecule has 112 valence electrons. The molecule has 1 atom stereocenters. The Hall–Kier alpha value is -1.29. The average molecular weight is 280 g/mol. The number of hydrogen-bond acceptors (Lipinski definition) is 3. The van der Waals surface area contributed by atoms with Gasteiger partial charge in [-0.2, -0.15) is 0 Å². The maximum atomic E-state index is 13.8. The number of ether oxygens (including phenoxy) is 1. The molecule has 1 aromatic carbocycles. The summed E-state index contributed by atoms with van der Waals surface area (Å²) in [6.45, 7) is 7.95. The molecule has 1 saturated heterocycles. The Morgan fingerprint density at radius 2 is 2.15 bits per heavy atom. The quantitative estimate of drug-likeness (QED) is 0.893. The van der Waals surface area contributed by atoms with Crippen LogP contribution in [0.2, 0.25) is 0 Å². The molecule has 1 aliphatic heterocycles. The summed E-state index contributed by atoms with van der Waals surface area (Å²) in [5, 5.41) is 3.45. The van der Waals surface area contributed by atoms with Gasteiger partial charge in [-0.3, -0.25) is 0 Å². The predicted octanol–water partition coefficient (Wildman–Crippen LogP) is 3.51. The first-order chi connectivity index (χ1) is 9.72. The van der Waals surface area contributed by atoms with Crippen molar-refractivity contribution in [1.82, 2.24) is 4.90 Å². The maximum absolute atomic E-state index is 13.8. The lowest BCUT2D eigenvalue weighted by atomic mass is 10.1. The van der Waals surface area contributed by atoms with Gasteiger partial charge in [-0.25, -0.2) is 4.39 Å². The van der Waals surface area contributed by atoms with Crippen molar-refractivity contribution in [3.8, 4) is 5.75 Å². The molecule has 1 fully saturated rings. The molecule has 0 amide bonds. The number of nitrogens with one attached hydrogen (secondary N) is 1. The highest BCUT2D eigenvalue weighted by Crippen LogP contribution is 2.23. The fraction of sp³-hybridized carbons (Fsp3) is 0.625. The Kier molecular flexibility index (Phi) is 5.65. The number of anilines is 1. The van der Waals surface area contributed by atoms with Gasteiger partial charge in [0.05, 0.1) is 6.61 Å². The number of benzene rings is 1. The normalized spacial score (nSPS) is 20.4. The van der Waals surface area contributed by atoms with Gasteiger partial charge < -0.3 is 15.0 Å². The van der Waals surface area contributed by atoms with Gasteiger partial charge in [-0.1, -0.05) is 6.92 Å². The highest BCUT2D eigenvalue weighted by molar-refractivity contribution is 5.48. The van der Waals surface area contributed by atoms with E-state index in [0.717, 1.165) is 31.6 Å². The average Bonchev–Trinajstić information content (AvgIpc) is 2.67. The Labute approximate surface area is 121 Å². The first-order valence-corrected chi connectivity index (χ1v) is 7.64. The molecule has 3 nitrogen and oxygen atoms in total. The molecule has 2 rings (SSSR count). The van der Waals surface area contributed by atoms with E-state index in [1.165, 1.54) is 19.0 Å². The third kappa shape index (κ3) is 4.10. The molecule has 1 N–H and O–H groups in total. The van der Waals surface area contributed by atoms with E-state index in [4.69, 9.17) is 4.74 Å². The zero-order valence-electron chi connectivity index (χ0n) is 12.5. The second kappa shape index (κ2) is 7.48. The summed E-state index contributed by atoms with van der Waals surface area (Å²) in [5.41, 5.74) is 0.848. The third-order valence-electron chi connectivity index (χ3n) is 3.87. The van der Waals surface area contributed by atoms with Crippen LogP contribution in [0, 0.1) is 5.82 Å². The van der Waals surface area contributed by atoms with E-state index in [-0.39, 0.29) is 5.82 Å². The van der Waals surface area contributed by atoms with Crippen LogP contribution >= 0.6 is 0 Å². The van der Waals surface area contributed by atoms with Gasteiger partial charge in [-0.05, 0) is 51.4 Å². The largest absolute Gasteiger partial charge is 0.491 e. The van der Waals surface area contributed by atoms with Gasteiger partial charge in [0, 0.05) is 24.3 Å². The molecule has 20 heavy (non-hydrogen) atoms. The van der Waals surface area contributed by atoms with Crippen LogP contribution in [0.5, 0.6) is 5.75 Å². The van der Waals surface area contributed by atoms with Crippen LogP contribution in [0.3, 0.4) is 0 Å². The lowest BCUT2D eigenvalue weighted by Crippen LogP contribution is -2.26. The Balaban J connectivity index is 1.94. The summed E-state index contributed by atoms with van der Waals surface area (Å²) in [5.74, 6) is 0.0386. The van der Waals surface area contributed by atoms with Crippen LogP contribution in [0.1, 0.15) is 33.1 Å². The van der Waals surface area contributed by atoms with Crippen molar-refractivity contribution >= 4 is 5.69 Å². The van der Waals surface area contributed by atoms with Crippen LogP contribution in [0.4, 0.5) is 10.1 Å². The van der Waals surface area contributed by atoms with Crippen molar-refractivity contribution in [2.45, 2.75) is 39.2 Å². The Morgan fingerprint density at radius 1 is 1.30 bits per heavy atom. The molecule has 1 unspecified atom stereocenters. The fourth-order valence-electron chi connectivity index (χ4n) is 2.72. The van der Waals surface area contributed by atoms with Crippen molar-refractivity contribution in [1.29, 1.82) is 0 Å². The summed E-state index contributed by atoms with van der Waals surface area (Å²) in [4.78, 5) is 2.47.